The molecule has 3 heteroatoms. The molecule has 1 aromatic heterocycles. The van der Waals surface area contributed by atoms with Gasteiger partial charge in [0.2, 0.25) is 0 Å². The summed E-state index contributed by atoms with van der Waals surface area (Å²) in [5.41, 5.74) is 0.277. The first-order valence-corrected chi connectivity index (χ1v) is 7.58. The summed E-state index contributed by atoms with van der Waals surface area (Å²) >= 11 is 1.93. The minimum absolute atomic E-state index is 0.277. The second kappa shape index (κ2) is 6.69. The molecule has 0 aliphatic heterocycles. The summed E-state index contributed by atoms with van der Waals surface area (Å²) in [5, 5.41) is 3.60. The van der Waals surface area contributed by atoms with E-state index in [-0.39, 0.29) is 5.41 Å². The molecule has 0 radical (unpaired) electrons. The predicted molar refractivity (Wildman–Crippen MR) is 82.5 cm³/mol. The average molecular weight is 268 g/mol. The molecule has 0 bridgehead atoms. The summed E-state index contributed by atoms with van der Waals surface area (Å²) in [6.45, 7) is 11.2. The van der Waals surface area contributed by atoms with E-state index in [1.807, 2.05) is 11.3 Å². The highest BCUT2D eigenvalue weighted by molar-refractivity contribution is 7.12. The summed E-state index contributed by atoms with van der Waals surface area (Å²) in [4.78, 5) is 5.15. The lowest BCUT2D eigenvalue weighted by molar-refractivity contribution is 0.366. The molecule has 104 valence electrons. The molecule has 1 N–H and O–H groups in total. The molecular weight excluding hydrogens is 240 g/mol. The molecule has 0 amide bonds. The quantitative estimate of drug-likeness (QED) is 0.850. The molecule has 0 fully saturated rings. The Morgan fingerprint density at radius 1 is 1.28 bits per heavy atom. The van der Waals surface area contributed by atoms with Gasteiger partial charge in [0.15, 0.2) is 0 Å². The van der Waals surface area contributed by atoms with Gasteiger partial charge < -0.3 is 10.2 Å². The lowest BCUT2D eigenvalue weighted by Crippen LogP contribution is -2.29. The number of hydrogen-bond acceptors (Lipinski definition) is 3. The lowest BCUT2D eigenvalue weighted by atomic mass is 9.95. The van der Waals surface area contributed by atoms with Crippen molar-refractivity contribution in [1.82, 2.24) is 10.2 Å². The molecule has 0 aliphatic rings. The van der Waals surface area contributed by atoms with Gasteiger partial charge in [0.25, 0.3) is 0 Å². The van der Waals surface area contributed by atoms with Crippen LogP contribution >= 0.6 is 11.3 Å². The van der Waals surface area contributed by atoms with Crippen molar-refractivity contribution in [3.63, 3.8) is 0 Å². The normalized spacial score (nSPS) is 14.2. The molecule has 18 heavy (non-hydrogen) atoms. The summed E-state index contributed by atoms with van der Waals surface area (Å²) < 4.78 is 0. The van der Waals surface area contributed by atoms with Crippen molar-refractivity contribution >= 4 is 11.3 Å². The number of hydrogen-bond donors (Lipinski definition) is 1. The standard InChI is InChI=1S/C15H28N2S/c1-12(9-10-17(5)6)16-11-13-7-8-14(18-13)15(2,3)4/h7-8,12,16H,9-11H2,1-6H3. The lowest BCUT2D eigenvalue weighted by Gasteiger charge is -2.17. The molecule has 1 rings (SSSR count). The topological polar surface area (TPSA) is 15.3 Å². The van der Waals surface area contributed by atoms with Crippen molar-refractivity contribution in [1.29, 1.82) is 0 Å². The summed E-state index contributed by atoms with van der Waals surface area (Å²) in [7, 11) is 4.25. The largest absolute Gasteiger partial charge is 0.309 e. The minimum atomic E-state index is 0.277. The fraction of sp³-hybridized carbons (Fsp3) is 0.733. The Kier molecular flexibility index (Phi) is 5.83. The second-order valence-electron chi connectivity index (χ2n) is 6.39. The van der Waals surface area contributed by atoms with Crippen LogP contribution in [0.3, 0.4) is 0 Å². The smallest absolute Gasteiger partial charge is 0.0302 e. The van der Waals surface area contributed by atoms with E-state index in [4.69, 9.17) is 0 Å². The van der Waals surface area contributed by atoms with Gasteiger partial charge in [-0.2, -0.15) is 0 Å². The van der Waals surface area contributed by atoms with Crippen LogP contribution in [0.25, 0.3) is 0 Å². The zero-order valence-corrected chi connectivity index (χ0v) is 13.5. The molecule has 1 heterocycles. The maximum absolute atomic E-state index is 3.60. The molecule has 0 saturated heterocycles. The minimum Gasteiger partial charge on any atom is -0.309 e. The Bertz CT molecular complexity index is 350. The van der Waals surface area contributed by atoms with Gasteiger partial charge in [-0.25, -0.2) is 0 Å². The van der Waals surface area contributed by atoms with Crippen LogP contribution in [-0.2, 0) is 12.0 Å². The number of rotatable bonds is 6. The van der Waals surface area contributed by atoms with Gasteiger partial charge in [-0.3, -0.25) is 0 Å². The van der Waals surface area contributed by atoms with Crippen molar-refractivity contribution in [2.75, 3.05) is 20.6 Å². The zero-order chi connectivity index (χ0) is 13.8. The molecule has 2 nitrogen and oxygen atoms in total. The molecule has 0 aliphatic carbocycles. The van der Waals surface area contributed by atoms with Gasteiger partial charge in [-0.1, -0.05) is 20.8 Å². The Balaban J connectivity index is 2.37. The van der Waals surface area contributed by atoms with E-state index < -0.39 is 0 Å². The number of nitrogens with one attached hydrogen (secondary N) is 1. The van der Waals surface area contributed by atoms with Gasteiger partial charge in [0.05, 0.1) is 0 Å². The third-order valence-corrected chi connectivity index (χ3v) is 4.55. The van der Waals surface area contributed by atoms with Gasteiger partial charge >= 0.3 is 0 Å². The van der Waals surface area contributed by atoms with E-state index in [0.717, 1.165) is 13.1 Å². The first-order chi connectivity index (χ1) is 8.29. The van der Waals surface area contributed by atoms with E-state index in [0.29, 0.717) is 6.04 Å². The van der Waals surface area contributed by atoms with Crippen molar-refractivity contribution in [3.8, 4) is 0 Å². The van der Waals surface area contributed by atoms with E-state index in [2.05, 4.69) is 64.1 Å². The molecule has 1 aromatic rings. The van der Waals surface area contributed by atoms with Crippen molar-refractivity contribution in [3.05, 3.63) is 21.9 Å². The fourth-order valence-corrected chi connectivity index (χ4v) is 2.72. The molecule has 0 aromatic carbocycles. The Morgan fingerprint density at radius 3 is 2.44 bits per heavy atom. The monoisotopic (exact) mass is 268 g/mol. The van der Waals surface area contributed by atoms with E-state index >= 15 is 0 Å². The molecule has 1 atom stereocenters. The van der Waals surface area contributed by atoms with Crippen molar-refractivity contribution in [2.45, 2.75) is 52.1 Å². The SMILES string of the molecule is CC(CCN(C)C)NCc1ccc(C(C)(C)C)s1. The highest BCUT2D eigenvalue weighted by Crippen LogP contribution is 2.29. The van der Waals surface area contributed by atoms with E-state index in [1.54, 1.807) is 0 Å². The van der Waals surface area contributed by atoms with Crippen LogP contribution < -0.4 is 5.32 Å². The number of thiophene rings is 1. The van der Waals surface area contributed by atoms with E-state index in [1.165, 1.54) is 16.2 Å². The molecular formula is C15H28N2S. The average Bonchev–Trinajstić information content (AvgIpc) is 2.71. The zero-order valence-electron chi connectivity index (χ0n) is 12.7. The van der Waals surface area contributed by atoms with Crippen LogP contribution in [0.1, 0.15) is 43.9 Å². The fourth-order valence-electron chi connectivity index (χ4n) is 1.70. The van der Waals surface area contributed by atoms with Gasteiger partial charge in [0, 0.05) is 22.3 Å². The molecule has 0 spiro atoms. The third kappa shape index (κ3) is 5.51. The van der Waals surface area contributed by atoms with E-state index in [9.17, 15) is 0 Å². The summed E-state index contributed by atoms with van der Waals surface area (Å²) in [6, 6.07) is 5.11. The summed E-state index contributed by atoms with van der Waals surface area (Å²) in [6.07, 6.45) is 1.20. The van der Waals surface area contributed by atoms with Crippen molar-refractivity contribution in [2.24, 2.45) is 0 Å². The van der Waals surface area contributed by atoms with Gasteiger partial charge in [0.1, 0.15) is 0 Å². The Morgan fingerprint density at radius 2 is 1.94 bits per heavy atom. The first-order valence-electron chi connectivity index (χ1n) is 6.76. The van der Waals surface area contributed by atoms with Crippen LogP contribution in [0, 0.1) is 0 Å². The van der Waals surface area contributed by atoms with Crippen LogP contribution in [0.4, 0.5) is 0 Å². The Hall–Kier alpha value is -0.380. The maximum atomic E-state index is 3.60. The Labute approximate surface area is 116 Å². The number of nitrogens with zero attached hydrogens (tertiary/aromatic N) is 1. The maximum Gasteiger partial charge on any atom is 0.0302 e. The highest BCUT2D eigenvalue weighted by Gasteiger charge is 2.16. The second-order valence-corrected chi connectivity index (χ2v) is 7.56. The van der Waals surface area contributed by atoms with Gasteiger partial charge in [-0.05, 0) is 51.5 Å². The third-order valence-electron chi connectivity index (χ3n) is 3.03. The predicted octanol–water partition coefficient (Wildman–Crippen LogP) is 3.48. The highest BCUT2D eigenvalue weighted by atomic mass is 32.1. The van der Waals surface area contributed by atoms with Crippen LogP contribution in [0.15, 0.2) is 12.1 Å². The van der Waals surface area contributed by atoms with Crippen LogP contribution in [0.2, 0.25) is 0 Å². The first kappa shape index (κ1) is 15.7. The molecule has 0 saturated carbocycles. The van der Waals surface area contributed by atoms with Crippen molar-refractivity contribution < 1.29 is 0 Å². The van der Waals surface area contributed by atoms with Crippen LogP contribution in [-0.4, -0.2) is 31.6 Å². The van der Waals surface area contributed by atoms with Crippen LogP contribution in [0.5, 0.6) is 0 Å². The molecule has 1 unspecified atom stereocenters. The van der Waals surface area contributed by atoms with Gasteiger partial charge in [-0.15, -0.1) is 11.3 Å². The summed E-state index contributed by atoms with van der Waals surface area (Å²) in [5.74, 6) is 0.